The normalized spacial score (nSPS) is 7.40. The van der Waals surface area contributed by atoms with Gasteiger partial charge in [0.2, 0.25) is 0 Å². The van der Waals surface area contributed by atoms with Crippen molar-refractivity contribution >= 4 is 5.97 Å². The Morgan fingerprint density at radius 1 is 2.40 bits per heavy atom. The summed E-state index contributed by atoms with van der Waals surface area (Å²) < 4.78 is 5.74. The smallest absolute Gasteiger partial charge is 0.408 e. The fourth-order valence-electron chi connectivity index (χ4n) is 0. The molecule has 0 heterocycles. The molecule has 0 aliphatic rings. The molecule has 0 aromatic heterocycles. The largest absolute Gasteiger partial charge is 0.470 e. The van der Waals surface area contributed by atoms with Gasteiger partial charge in [-0.05, 0) is 0 Å². The van der Waals surface area contributed by atoms with Gasteiger partial charge in [0, 0.05) is 0 Å². The second kappa shape index (κ2) is 1.30. The van der Waals surface area contributed by atoms with E-state index in [1.54, 1.807) is 0 Å². The summed E-state index contributed by atoms with van der Waals surface area (Å²) in [7, 11) is 0. The maximum Gasteiger partial charge on any atom is 0.408 e. The van der Waals surface area contributed by atoms with Crippen molar-refractivity contribution in [1.82, 2.24) is 0 Å². The van der Waals surface area contributed by atoms with Crippen LogP contribution in [0.2, 0.25) is 0 Å². The van der Waals surface area contributed by atoms with E-state index in [0.717, 1.165) is 6.07 Å². The number of rotatable bonds is 0. The Morgan fingerprint density at radius 3 is 3.00 bits per heavy atom. The molecule has 0 unspecified atom stereocenters. The SMILES string of the molecule is [2H]OC(=O)C#N. The Kier molecular flexibility index (Phi) is 0.574. The lowest BCUT2D eigenvalue weighted by atomic mass is 10.8. The fourth-order valence-corrected chi connectivity index (χ4v) is 0. The van der Waals surface area contributed by atoms with Gasteiger partial charge in [0.05, 0.1) is 0 Å². The van der Waals surface area contributed by atoms with E-state index >= 15 is 0 Å². The molecule has 0 saturated carbocycles. The summed E-state index contributed by atoms with van der Waals surface area (Å²) in [6.45, 7) is 0. The number of nitriles is 1. The summed E-state index contributed by atoms with van der Waals surface area (Å²) in [5.41, 5.74) is 0. The number of carbonyl (C=O) groups is 1. The summed E-state index contributed by atoms with van der Waals surface area (Å²) >= 11 is 0. The highest BCUT2D eigenvalue weighted by Gasteiger charge is 1.79. The number of hydrogen-bond donors (Lipinski definition) is 1. The van der Waals surface area contributed by atoms with Gasteiger partial charge in [-0.3, -0.25) is 0 Å². The highest BCUT2D eigenvalue weighted by molar-refractivity contribution is 5.83. The minimum atomic E-state index is -1.19. The van der Waals surface area contributed by atoms with Gasteiger partial charge in [0.1, 0.15) is 0 Å². The Morgan fingerprint density at radius 2 is 3.00 bits per heavy atom. The molecule has 3 heteroatoms. The van der Waals surface area contributed by atoms with E-state index in [2.05, 4.69) is 5.11 Å². The van der Waals surface area contributed by atoms with Gasteiger partial charge in [0.15, 0.2) is 6.07 Å². The molecule has 5 heavy (non-hydrogen) atoms. The van der Waals surface area contributed by atoms with Crippen LogP contribution in [0.5, 0.6) is 0 Å². The summed E-state index contributed by atoms with van der Waals surface area (Å²) in [5.74, 6) is -1.19. The van der Waals surface area contributed by atoms with E-state index in [9.17, 15) is 4.79 Å². The Balaban J connectivity index is 3.33. The van der Waals surface area contributed by atoms with Gasteiger partial charge in [-0.1, -0.05) is 0 Å². The number of aliphatic carboxylic acids is 1. The van der Waals surface area contributed by atoms with E-state index in [-0.39, 0.29) is 0 Å². The average Bonchev–Trinajstić information content (AvgIpc) is 1.65. The third-order valence-electron chi connectivity index (χ3n) is 0.0913. The van der Waals surface area contributed by atoms with Crippen LogP contribution in [0.25, 0.3) is 1.43 Å². The molecule has 0 aromatic rings. The van der Waals surface area contributed by atoms with E-state index in [4.69, 9.17) is 6.69 Å². The fraction of sp³-hybridized carbons (Fsp3) is 0. The van der Waals surface area contributed by atoms with Gasteiger partial charge in [-0.25, -0.2) is 4.79 Å². The van der Waals surface area contributed by atoms with E-state index in [0.29, 0.717) is 0 Å². The lowest BCUT2D eigenvalue weighted by molar-refractivity contribution is -0.130. The van der Waals surface area contributed by atoms with Crippen molar-refractivity contribution in [2.45, 2.75) is 0 Å². The minimum absolute atomic E-state index is 1.07. The number of carboxylic acid groups (broad SMARTS) is 1. The van der Waals surface area contributed by atoms with Crippen molar-refractivity contribution in [2.75, 3.05) is 0 Å². The van der Waals surface area contributed by atoms with Crippen LogP contribution in [0.1, 0.15) is 0 Å². The monoisotopic (exact) mass is 72.0 g/mol. The van der Waals surface area contributed by atoms with Crippen molar-refractivity contribution in [1.29, 1.82) is 6.69 Å². The van der Waals surface area contributed by atoms with Gasteiger partial charge >= 0.3 is 5.97 Å². The Bertz CT molecular complexity index is 94.2. The molecule has 0 saturated heterocycles. The molecule has 26 valence electrons. The van der Waals surface area contributed by atoms with Crippen molar-refractivity contribution in [2.24, 2.45) is 0 Å². The van der Waals surface area contributed by atoms with Gasteiger partial charge in [-0.2, -0.15) is 5.26 Å². The van der Waals surface area contributed by atoms with Crippen molar-refractivity contribution in [3.63, 3.8) is 0 Å². The van der Waals surface area contributed by atoms with Crippen LogP contribution in [-0.2, 0) is 4.79 Å². The molecule has 0 bridgehead atoms. The predicted molar refractivity (Wildman–Crippen MR) is 13.2 cm³/mol. The summed E-state index contributed by atoms with van der Waals surface area (Å²) in [6.07, 6.45) is 0. The van der Waals surface area contributed by atoms with Crippen LogP contribution in [0.4, 0.5) is 0 Å². The second-order valence-electron chi connectivity index (χ2n) is 0.399. The van der Waals surface area contributed by atoms with E-state index in [1.807, 2.05) is 0 Å². The van der Waals surface area contributed by atoms with E-state index in [1.165, 1.54) is 0 Å². The number of nitrogens with zero attached hydrogens (tertiary/aromatic N) is 1. The Hall–Kier alpha value is -1.04. The molecule has 0 radical (unpaired) electrons. The van der Waals surface area contributed by atoms with Crippen LogP contribution in [0.15, 0.2) is 0 Å². The molecule has 0 spiro atoms. The lowest BCUT2D eigenvalue weighted by Crippen LogP contribution is -1.83. The average molecular weight is 72.0 g/mol. The number of hydrogen-bond acceptors (Lipinski definition) is 3. The molecule has 0 fully saturated rings. The third-order valence-corrected chi connectivity index (χ3v) is 0.0913. The van der Waals surface area contributed by atoms with Crippen LogP contribution in [0.3, 0.4) is 0 Å². The molecule has 0 rings (SSSR count). The first kappa shape index (κ1) is 2.21. The summed E-state index contributed by atoms with van der Waals surface area (Å²) in [4.78, 5) is 9.41. The zero-order chi connectivity index (χ0) is 4.99. The molecular weight excluding hydrogens is 70.0 g/mol. The summed E-state index contributed by atoms with van der Waals surface area (Å²) in [5, 5.41) is 10.6. The predicted octanol–water partition coefficient (Wildman–Crippen LogP) is -0.405. The van der Waals surface area contributed by atoms with Crippen LogP contribution in [0, 0.1) is 11.3 Å². The molecule has 0 aliphatic carbocycles. The highest BCUT2D eigenvalue weighted by Crippen LogP contribution is 1.44. The molecule has 0 amide bonds. The molecule has 0 aromatic carbocycles. The zero-order valence-corrected chi connectivity index (χ0v) is 2.26. The number of carboxylic acids is 1. The molecule has 0 atom stereocenters. The first-order valence-electron chi connectivity index (χ1n) is 1.29. The zero-order valence-electron chi connectivity index (χ0n) is 3.26. The van der Waals surface area contributed by atoms with Gasteiger partial charge < -0.3 is 5.11 Å². The van der Waals surface area contributed by atoms with Crippen molar-refractivity contribution in [3.05, 3.63) is 0 Å². The highest BCUT2D eigenvalue weighted by atomic mass is 16.4. The van der Waals surface area contributed by atoms with Crippen molar-refractivity contribution in [3.8, 4) is 6.07 Å². The molecular formula is C2HNO2. The first-order chi connectivity index (χ1) is 2.81. The topological polar surface area (TPSA) is 61.1 Å². The van der Waals surface area contributed by atoms with Crippen LogP contribution < -0.4 is 0 Å². The standard InChI is InChI=1S/C2HNO2/c3-1-2(4)5/h(H,4,5)/i/hD. The summed E-state index contributed by atoms with van der Waals surface area (Å²) in [6, 6.07) is 1.07. The van der Waals surface area contributed by atoms with Gasteiger partial charge in [0.25, 0.3) is 1.43 Å². The van der Waals surface area contributed by atoms with Crippen LogP contribution in [-0.4, -0.2) is 11.1 Å². The molecule has 3 nitrogen and oxygen atoms in total. The first-order valence-corrected chi connectivity index (χ1v) is 0.882. The quantitative estimate of drug-likeness (QED) is 0.312. The second-order valence-corrected chi connectivity index (χ2v) is 0.399. The molecule has 1 N–H and O–H groups in total. The van der Waals surface area contributed by atoms with Gasteiger partial charge in [-0.15, -0.1) is 0 Å². The Labute approximate surface area is 29.9 Å². The maximum absolute atomic E-state index is 9.41. The minimum Gasteiger partial charge on any atom is -0.470 e. The lowest BCUT2D eigenvalue weighted by Gasteiger charge is -1.56. The van der Waals surface area contributed by atoms with Crippen LogP contribution >= 0.6 is 0 Å². The van der Waals surface area contributed by atoms with E-state index < -0.39 is 5.97 Å². The maximum atomic E-state index is 9.41. The third kappa shape index (κ3) is 2.96. The molecule has 0 aliphatic heterocycles. The van der Waals surface area contributed by atoms with Crippen molar-refractivity contribution < 1.29 is 9.90 Å².